The lowest BCUT2D eigenvalue weighted by atomic mass is 9.89. The number of rotatable bonds is 5. The first-order valence-electron chi connectivity index (χ1n) is 14.8. The van der Waals surface area contributed by atoms with E-state index >= 15 is 0 Å². The molecule has 0 bridgehead atoms. The van der Waals surface area contributed by atoms with Crippen molar-refractivity contribution in [2.45, 2.75) is 44.7 Å². The van der Waals surface area contributed by atoms with Crippen LogP contribution in [0.25, 0.3) is 33.1 Å². The van der Waals surface area contributed by atoms with E-state index in [0.29, 0.717) is 40.3 Å². The van der Waals surface area contributed by atoms with Gasteiger partial charge in [0.2, 0.25) is 5.95 Å². The molecule has 3 N–H and O–H groups in total. The zero-order chi connectivity index (χ0) is 28.8. The summed E-state index contributed by atoms with van der Waals surface area (Å²) in [4.78, 5) is 23.1. The predicted molar refractivity (Wildman–Crippen MR) is 165 cm³/mol. The summed E-state index contributed by atoms with van der Waals surface area (Å²) in [6, 6.07) is 12.3. The van der Waals surface area contributed by atoms with Crippen LogP contribution in [0.4, 0.5) is 21.8 Å². The van der Waals surface area contributed by atoms with Gasteiger partial charge in [-0.15, -0.1) is 0 Å². The smallest absolute Gasteiger partial charge is 0.227 e. The topological polar surface area (TPSA) is 101 Å². The molecule has 0 atom stereocenters. The first kappa shape index (κ1) is 26.7. The van der Waals surface area contributed by atoms with Crippen molar-refractivity contribution in [3.05, 3.63) is 66.5 Å². The van der Waals surface area contributed by atoms with Gasteiger partial charge in [-0.2, -0.15) is 0 Å². The summed E-state index contributed by atoms with van der Waals surface area (Å²) >= 11 is 0. The van der Waals surface area contributed by atoms with E-state index in [-0.39, 0.29) is 5.82 Å². The number of nitrogen functional groups attached to an aromatic ring is 1. The second-order valence-electron chi connectivity index (χ2n) is 11.7. The van der Waals surface area contributed by atoms with Crippen molar-refractivity contribution in [1.29, 1.82) is 0 Å². The van der Waals surface area contributed by atoms with E-state index in [9.17, 15) is 4.39 Å². The summed E-state index contributed by atoms with van der Waals surface area (Å²) in [7, 11) is 2.21. The minimum Gasteiger partial charge on any atom is -0.383 e. The Kier molecular flexibility index (Phi) is 6.95. The van der Waals surface area contributed by atoms with E-state index in [2.05, 4.69) is 60.0 Å². The Bertz CT molecular complexity index is 1730. The van der Waals surface area contributed by atoms with Crippen LogP contribution in [-0.4, -0.2) is 73.6 Å². The first-order chi connectivity index (χ1) is 20.4. The highest BCUT2D eigenvalue weighted by Crippen LogP contribution is 2.39. The van der Waals surface area contributed by atoms with Crippen molar-refractivity contribution in [3.63, 3.8) is 0 Å². The Morgan fingerprint density at radius 3 is 2.40 bits per heavy atom. The molecule has 5 aromatic rings. The maximum absolute atomic E-state index is 13.9. The van der Waals surface area contributed by atoms with Gasteiger partial charge in [-0.05, 0) is 75.0 Å². The third-order valence-electron chi connectivity index (χ3n) is 9.17. The highest BCUT2D eigenvalue weighted by molar-refractivity contribution is 6.00. The highest BCUT2D eigenvalue weighted by Gasteiger charge is 2.30. The normalized spacial score (nSPS) is 20.4. The number of fused-ring (bicyclic) bond motifs is 2. The van der Waals surface area contributed by atoms with E-state index in [1.807, 2.05) is 12.1 Å². The molecule has 1 aliphatic heterocycles. The number of nitrogens with one attached hydrogen (secondary N) is 1. The summed E-state index contributed by atoms with van der Waals surface area (Å²) in [5.41, 5.74) is 11.5. The number of halogens is 1. The van der Waals surface area contributed by atoms with Gasteiger partial charge in [0.15, 0.2) is 0 Å². The average molecular weight is 566 g/mol. The Balaban J connectivity index is 1.12. The molecule has 9 nitrogen and oxygen atoms in total. The Labute approximate surface area is 244 Å². The van der Waals surface area contributed by atoms with Crippen LogP contribution in [0.1, 0.15) is 37.3 Å². The van der Waals surface area contributed by atoms with Crippen molar-refractivity contribution in [1.82, 2.24) is 34.3 Å². The Hall–Kier alpha value is -4.15. The van der Waals surface area contributed by atoms with Crippen LogP contribution >= 0.6 is 0 Å². The third kappa shape index (κ3) is 4.94. The maximum atomic E-state index is 13.9. The number of aryl methyl sites for hydroxylation is 1. The average Bonchev–Trinajstić information content (AvgIpc) is 3.41. The zero-order valence-corrected chi connectivity index (χ0v) is 24.1. The van der Waals surface area contributed by atoms with Crippen molar-refractivity contribution < 1.29 is 4.39 Å². The van der Waals surface area contributed by atoms with E-state index in [1.54, 1.807) is 25.5 Å². The van der Waals surface area contributed by atoms with Crippen LogP contribution in [0.2, 0.25) is 0 Å². The molecular weight excluding hydrogens is 529 g/mol. The van der Waals surface area contributed by atoms with Crippen LogP contribution in [0, 0.1) is 12.7 Å². The number of benzene rings is 2. The van der Waals surface area contributed by atoms with Crippen molar-refractivity contribution in [3.8, 4) is 11.1 Å². The molecule has 1 aliphatic carbocycles. The number of piperazine rings is 1. The predicted octanol–water partition coefficient (Wildman–Crippen LogP) is 5.55. The van der Waals surface area contributed by atoms with Crippen LogP contribution in [-0.2, 0) is 0 Å². The van der Waals surface area contributed by atoms with Gasteiger partial charge in [0.25, 0.3) is 0 Å². The lowest BCUT2D eigenvalue weighted by Crippen LogP contribution is -2.49. The molecule has 10 heteroatoms. The van der Waals surface area contributed by atoms with Crippen LogP contribution < -0.4 is 11.1 Å². The van der Waals surface area contributed by atoms with E-state index < -0.39 is 0 Å². The lowest BCUT2D eigenvalue weighted by Gasteiger charge is -2.41. The molecule has 0 radical (unpaired) electrons. The molecule has 216 valence electrons. The molecule has 2 aliphatic rings. The van der Waals surface area contributed by atoms with E-state index in [1.165, 1.54) is 32.0 Å². The van der Waals surface area contributed by atoms with E-state index in [4.69, 9.17) is 10.7 Å². The van der Waals surface area contributed by atoms with Crippen LogP contribution in [0.5, 0.6) is 0 Å². The third-order valence-corrected chi connectivity index (χ3v) is 9.17. The Morgan fingerprint density at radius 2 is 1.64 bits per heavy atom. The molecule has 2 fully saturated rings. The molecule has 0 unspecified atom stereocenters. The minimum atomic E-state index is -0.256. The van der Waals surface area contributed by atoms with Gasteiger partial charge in [0.05, 0.1) is 10.9 Å². The van der Waals surface area contributed by atoms with Crippen molar-refractivity contribution in [2.75, 3.05) is 44.3 Å². The number of nitrogens with two attached hydrogens (primary N) is 1. The molecule has 0 amide bonds. The van der Waals surface area contributed by atoms with Crippen LogP contribution in [0.3, 0.4) is 0 Å². The first-order valence-corrected chi connectivity index (χ1v) is 14.8. The quantitative estimate of drug-likeness (QED) is 0.286. The fourth-order valence-corrected chi connectivity index (χ4v) is 6.63. The second kappa shape index (κ2) is 10.9. The Morgan fingerprint density at radius 1 is 0.905 bits per heavy atom. The molecule has 3 aromatic heterocycles. The molecule has 1 saturated heterocycles. The summed E-state index contributed by atoms with van der Waals surface area (Å²) in [6.07, 6.45) is 10.1. The summed E-state index contributed by atoms with van der Waals surface area (Å²) < 4.78 is 16.2. The van der Waals surface area contributed by atoms with Gasteiger partial charge >= 0.3 is 0 Å². The molecule has 42 heavy (non-hydrogen) atoms. The van der Waals surface area contributed by atoms with Crippen LogP contribution in [0.15, 0.2) is 55.1 Å². The van der Waals surface area contributed by atoms with Gasteiger partial charge in [0.1, 0.15) is 23.6 Å². The summed E-state index contributed by atoms with van der Waals surface area (Å²) in [5, 5.41) is 4.88. The number of hydrogen-bond donors (Lipinski definition) is 2. The van der Waals surface area contributed by atoms with Crippen molar-refractivity contribution in [2.24, 2.45) is 0 Å². The summed E-state index contributed by atoms with van der Waals surface area (Å²) in [6.45, 7) is 6.40. The largest absolute Gasteiger partial charge is 0.383 e. The standard InChI is InChI=1S/C32H36FN9/c1-20-25-17-35-32(39-28(25)12-11-27(20)33)38-22-5-3-21(4-6-22)26-18-42(31-29(26)30(34)36-19-37-31)24-9-7-23(8-10-24)41-15-13-40(2)14-16-41/h3-6,11-12,17-19,23-24H,7-10,13-16H2,1-2H3,(H2,34,36,37)(H,35,38,39)/t23-,24-. The molecular formula is C32H36FN9. The zero-order valence-electron chi connectivity index (χ0n) is 24.1. The number of hydrogen-bond acceptors (Lipinski definition) is 8. The lowest BCUT2D eigenvalue weighted by molar-refractivity contribution is 0.0828. The molecule has 1 saturated carbocycles. The van der Waals surface area contributed by atoms with Gasteiger partial charge in [-0.25, -0.2) is 24.3 Å². The number of nitrogens with zero attached hydrogens (tertiary/aromatic N) is 7. The molecule has 2 aromatic carbocycles. The van der Waals surface area contributed by atoms with Crippen molar-refractivity contribution >= 4 is 39.4 Å². The fourth-order valence-electron chi connectivity index (χ4n) is 6.63. The number of aromatic nitrogens is 5. The number of anilines is 3. The molecule has 4 heterocycles. The SMILES string of the molecule is Cc1c(F)ccc2nc(Nc3ccc(-c4cn([C@H]5CC[C@H](N6CCN(C)CC6)CC5)c5ncnc(N)c45)cc3)ncc12. The van der Waals surface area contributed by atoms with Gasteiger partial charge in [0, 0.05) is 67.3 Å². The van der Waals surface area contributed by atoms with Gasteiger partial charge in [-0.1, -0.05) is 12.1 Å². The van der Waals surface area contributed by atoms with E-state index in [0.717, 1.165) is 53.8 Å². The van der Waals surface area contributed by atoms with Gasteiger partial charge in [-0.3, -0.25) is 4.90 Å². The number of likely N-dealkylation sites (N-methyl/N-ethyl adjacent to an activating group) is 1. The summed E-state index contributed by atoms with van der Waals surface area (Å²) in [5.74, 6) is 0.703. The highest BCUT2D eigenvalue weighted by atomic mass is 19.1. The second-order valence-corrected chi connectivity index (χ2v) is 11.7. The molecule has 7 rings (SSSR count). The van der Waals surface area contributed by atoms with Gasteiger partial charge < -0.3 is 20.5 Å². The minimum absolute atomic E-state index is 0.256. The maximum Gasteiger partial charge on any atom is 0.227 e. The molecule has 0 spiro atoms. The monoisotopic (exact) mass is 565 g/mol. The fraction of sp³-hybridized carbons (Fsp3) is 0.375.